The topological polar surface area (TPSA) is 60.2 Å². The number of aromatic nitrogens is 3. The van der Waals surface area contributed by atoms with Crippen molar-refractivity contribution < 1.29 is 4.74 Å². The number of fused-ring (bicyclic) bond motifs is 1. The van der Waals surface area contributed by atoms with E-state index in [9.17, 15) is 4.79 Å². The van der Waals surface area contributed by atoms with Gasteiger partial charge in [-0.1, -0.05) is 12.8 Å². The van der Waals surface area contributed by atoms with Gasteiger partial charge < -0.3 is 9.64 Å². The maximum absolute atomic E-state index is 12.7. The van der Waals surface area contributed by atoms with Gasteiger partial charge in [0.2, 0.25) is 0 Å². The first kappa shape index (κ1) is 20.6. The third kappa shape index (κ3) is 4.26. The van der Waals surface area contributed by atoms with Crippen LogP contribution in [0.2, 0.25) is 0 Å². The Labute approximate surface area is 190 Å². The van der Waals surface area contributed by atoms with E-state index in [1.165, 1.54) is 25.7 Å². The van der Waals surface area contributed by atoms with Gasteiger partial charge >= 0.3 is 0 Å². The summed E-state index contributed by atoms with van der Waals surface area (Å²) in [5, 5.41) is 0. The summed E-state index contributed by atoms with van der Waals surface area (Å²) in [7, 11) is 1.73. The van der Waals surface area contributed by atoms with Gasteiger partial charge in [0.25, 0.3) is 5.56 Å². The lowest BCUT2D eigenvalue weighted by molar-refractivity contribution is 0.0768. The molecule has 31 heavy (non-hydrogen) atoms. The number of likely N-dealkylation sites (tertiary alicyclic amines) is 1. The fourth-order valence-corrected chi connectivity index (χ4v) is 5.20. The highest BCUT2D eigenvalue weighted by atomic mass is 79.9. The zero-order chi connectivity index (χ0) is 21.4. The van der Waals surface area contributed by atoms with Crippen molar-refractivity contribution in [3.8, 4) is 17.1 Å². The highest BCUT2D eigenvalue weighted by molar-refractivity contribution is 9.10. The molecule has 1 aliphatic carbocycles. The monoisotopic (exact) mass is 482 g/mol. The number of piperidine rings is 1. The zero-order valence-electron chi connectivity index (χ0n) is 17.8. The molecule has 0 spiro atoms. The summed E-state index contributed by atoms with van der Waals surface area (Å²) in [5.74, 6) is 1.49. The molecule has 1 saturated heterocycles. The fraction of sp³-hybridized carbons (Fsp3) is 0.458. The van der Waals surface area contributed by atoms with E-state index in [0.717, 1.165) is 47.8 Å². The Bertz CT molecular complexity index is 1130. The van der Waals surface area contributed by atoms with E-state index in [-0.39, 0.29) is 11.7 Å². The number of rotatable bonds is 4. The van der Waals surface area contributed by atoms with E-state index < -0.39 is 0 Å². The lowest BCUT2D eigenvalue weighted by Crippen LogP contribution is -2.43. The number of hydrogen-bond acceptors (Lipinski definition) is 5. The summed E-state index contributed by atoms with van der Waals surface area (Å²) in [5.41, 5.74) is 1.69. The molecule has 162 valence electrons. The molecule has 0 N–H and O–H groups in total. The summed E-state index contributed by atoms with van der Waals surface area (Å²) >= 11 is 3.40. The van der Waals surface area contributed by atoms with E-state index in [1.807, 2.05) is 30.3 Å². The Morgan fingerprint density at radius 2 is 1.77 bits per heavy atom. The van der Waals surface area contributed by atoms with E-state index in [0.29, 0.717) is 16.9 Å². The second-order valence-corrected chi connectivity index (χ2v) is 9.55. The second kappa shape index (κ2) is 8.71. The minimum atomic E-state index is -0.151. The minimum absolute atomic E-state index is 0.151. The normalized spacial score (nSPS) is 18.6. The van der Waals surface area contributed by atoms with Crippen molar-refractivity contribution in [1.82, 2.24) is 19.4 Å². The second-order valence-electron chi connectivity index (χ2n) is 8.64. The highest BCUT2D eigenvalue weighted by Gasteiger charge is 2.27. The minimum Gasteiger partial charge on any atom is -0.490 e. The lowest BCUT2D eigenvalue weighted by atomic mass is 10.0. The van der Waals surface area contributed by atoms with Crippen LogP contribution in [0.1, 0.15) is 38.5 Å². The third-order valence-corrected chi connectivity index (χ3v) is 7.05. The quantitative estimate of drug-likeness (QED) is 0.545. The van der Waals surface area contributed by atoms with E-state index >= 15 is 0 Å². The van der Waals surface area contributed by atoms with Gasteiger partial charge in [0.15, 0.2) is 5.52 Å². The number of hydrogen-bond donors (Lipinski definition) is 0. The molecule has 2 fully saturated rings. The van der Waals surface area contributed by atoms with Gasteiger partial charge in [0.05, 0.1) is 5.52 Å². The summed E-state index contributed by atoms with van der Waals surface area (Å²) in [4.78, 5) is 24.3. The van der Waals surface area contributed by atoms with Crippen molar-refractivity contribution in [1.29, 1.82) is 0 Å². The molecule has 1 aliphatic heterocycles. The standard InChI is InChI=1S/C24H27BrN4O2/c1-28-23(27-21-14-17(25)15-26-22(21)24(28)30)16-6-8-19(9-7-16)31-20-10-12-29(13-11-20)18-4-2-3-5-18/h6-9,14-15,18,20H,2-5,10-13H2,1H3. The van der Waals surface area contributed by atoms with E-state index in [4.69, 9.17) is 4.74 Å². The zero-order valence-corrected chi connectivity index (χ0v) is 19.3. The van der Waals surface area contributed by atoms with Crippen LogP contribution >= 0.6 is 15.9 Å². The van der Waals surface area contributed by atoms with Crippen LogP contribution in [0.25, 0.3) is 22.4 Å². The molecule has 5 rings (SSSR count). The Morgan fingerprint density at radius 1 is 1.06 bits per heavy atom. The van der Waals surface area contributed by atoms with Crippen molar-refractivity contribution in [3.05, 3.63) is 51.4 Å². The number of benzene rings is 1. The Balaban J connectivity index is 1.29. The van der Waals surface area contributed by atoms with Crippen LogP contribution in [0, 0.1) is 0 Å². The van der Waals surface area contributed by atoms with E-state index in [1.54, 1.807) is 17.8 Å². The van der Waals surface area contributed by atoms with Gasteiger partial charge in [-0.2, -0.15) is 0 Å². The number of pyridine rings is 1. The molecular weight excluding hydrogens is 456 g/mol. The van der Waals surface area contributed by atoms with Crippen molar-refractivity contribution >= 4 is 27.0 Å². The maximum atomic E-state index is 12.7. The Morgan fingerprint density at radius 3 is 2.48 bits per heavy atom. The van der Waals surface area contributed by atoms with E-state index in [2.05, 4.69) is 30.8 Å². The predicted octanol–water partition coefficient (Wildman–Crippen LogP) is 4.54. The average molecular weight is 483 g/mol. The van der Waals surface area contributed by atoms with Crippen molar-refractivity contribution in [3.63, 3.8) is 0 Å². The Kier molecular flexibility index (Phi) is 5.80. The summed E-state index contributed by atoms with van der Waals surface area (Å²) < 4.78 is 8.62. The number of ether oxygens (including phenoxy) is 1. The molecule has 0 atom stereocenters. The smallest absolute Gasteiger partial charge is 0.280 e. The molecule has 0 bridgehead atoms. The van der Waals surface area contributed by atoms with Crippen LogP contribution in [-0.2, 0) is 7.05 Å². The van der Waals surface area contributed by atoms with Gasteiger partial charge in [-0.25, -0.2) is 9.97 Å². The molecule has 7 heteroatoms. The molecule has 0 amide bonds. The van der Waals surface area contributed by atoms with Gasteiger partial charge in [0, 0.05) is 42.4 Å². The summed E-state index contributed by atoms with van der Waals surface area (Å²) in [6.07, 6.45) is 9.57. The molecule has 2 aliphatic rings. The van der Waals surface area contributed by atoms with Crippen LogP contribution in [0.4, 0.5) is 0 Å². The first-order valence-electron chi connectivity index (χ1n) is 11.1. The maximum Gasteiger partial charge on any atom is 0.280 e. The Hall–Kier alpha value is -2.25. The summed E-state index contributed by atoms with van der Waals surface area (Å²) in [6.45, 7) is 2.28. The van der Waals surface area contributed by atoms with Crippen LogP contribution in [0.15, 0.2) is 45.8 Å². The van der Waals surface area contributed by atoms with Crippen LogP contribution in [0.3, 0.4) is 0 Å². The largest absolute Gasteiger partial charge is 0.490 e. The molecule has 0 radical (unpaired) electrons. The van der Waals surface area contributed by atoms with Crippen molar-refractivity contribution in [2.24, 2.45) is 7.05 Å². The molecule has 2 aromatic heterocycles. The molecule has 1 saturated carbocycles. The molecule has 3 aromatic rings. The molecular formula is C24H27BrN4O2. The molecule has 3 heterocycles. The average Bonchev–Trinajstić information content (AvgIpc) is 3.32. The predicted molar refractivity (Wildman–Crippen MR) is 125 cm³/mol. The molecule has 0 unspecified atom stereocenters. The number of nitrogens with zero attached hydrogens (tertiary/aromatic N) is 4. The first-order valence-corrected chi connectivity index (χ1v) is 11.9. The van der Waals surface area contributed by atoms with Gasteiger partial charge in [0.1, 0.15) is 17.7 Å². The van der Waals surface area contributed by atoms with Crippen molar-refractivity contribution in [2.75, 3.05) is 13.1 Å². The first-order chi connectivity index (χ1) is 15.1. The van der Waals surface area contributed by atoms with Crippen LogP contribution in [-0.4, -0.2) is 44.7 Å². The third-order valence-electron chi connectivity index (χ3n) is 6.62. The fourth-order valence-electron chi connectivity index (χ4n) is 4.88. The van der Waals surface area contributed by atoms with Crippen LogP contribution in [0.5, 0.6) is 5.75 Å². The molecule has 1 aromatic carbocycles. The van der Waals surface area contributed by atoms with Crippen molar-refractivity contribution in [2.45, 2.75) is 50.7 Å². The highest BCUT2D eigenvalue weighted by Crippen LogP contribution is 2.28. The van der Waals surface area contributed by atoms with Crippen LogP contribution < -0.4 is 10.3 Å². The SMILES string of the molecule is Cn1c(-c2ccc(OC3CCN(C4CCCC4)CC3)cc2)nc2cc(Br)cnc2c1=O. The van der Waals surface area contributed by atoms with Gasteiger partial charge in [-0.15, -0.1) is 0 Å². The summed E-state index contributed by atoms with van der Waals surface area (Å²) in [6, 6.07) is 10.5. The number of halogens is 1. The lowest BCUT2D eigenvalue weighted by Gasteiger charge is -2.36. The van der Waals surface area contributed by atoms with Gasteiger partial charge in [-0.05, 0) is 71.9 Å². The molecule has 6 nitrogen and oxygen atoms in total. The van der Waals surface area contributed by atoms with Gasteiger partial charge in [-0.3, -0.25) is 9.36 Å².